The molecule has 1 atom stereocenters. The molecule has 100 valence electrons. The van der Waals surface area contributed by atoms with E-state index < -0.39 is 22.2 Å². The molecule has 1 aromatic heterocycles. The average Bonchev–Trinajstić information content (AvgIpc) is 2.74. The molecule has 6 nitrogen and oxygen atoms in total. The first kappa shape index (κ1) is 13.7. The van der Waals surface area contributed by atoms with Crippen molar-refractivity contribution in [1.82, 2.24) is 9.29 Å². The van der Waals surface area contributed by atoms with Gasteiger partial charge in [0.15, 0.2) is 0 Å². The Morgan fingerprint density at radius 3 is 2.72 bits per heavy atom. The fourth-order valence-corrected chi connectivity index (χ4v) is 3.40. The summed E-state index contributed by atoms with van der Waals surface area (Å²) in [5.41, 5.74) is -1.35. The Labute approximate surface area is 110 Å². The van der Waals surface area contributed by atoms with Crippen LogP contribution in [0.25, 0.3) is 0 Å². The fourth-order valence-electron chi connectivity index (χ4n) is 1.82. The summed E-state index contributed by atoms with van der Waals surface area (Å²) in [5, 5.41) is 19.1. The molecule has 2 heterocycles. The SMILES string of the molecule is O=S(=O)(c1ccc(Cl)nc1)N1CC[C@](O)(CO)C1. The molecule has 1 fully saturated rings. The van der Waals surface area contributed by atoms with Gasteiger partial charge in [0.2, 0.25) is 10.0 Å². The van der Waals surface area contributed by atoms with E-state index in [1.807, 2.05) is 0 Å². The highest BCUT2D eigenvalue weighted by molar-refractivity contribution is 7.89. The van der Waals surface area contributed by atoms with Gasteiger partial charge in [0.05, 0.1) is 6.61 Å². The van der Waals surface area contributed by atoms with Crippen LogP contribution in [-0.2, 0) is 10.0 Å². The first-order valence-corrected chi connectivity index (χ1v) is 7.14. The number of hydrogen-bond acceptors (Lipinski definition) is 5. The third-order valence-corrected chi connectivity index (χ3v) is 4.98. The molecular formula is C10H13ClN2O4S. The Morgan fingerprint density at radius 2 is 2.22 bits per heavy atom. The lowest BCUT2D eigenvalue weighted by Crippen LogP contribution is -2.38. The largest absolute Gasteiger partial charge is 0.393 e. The van der Waals surface area contributed by atoms with Gasteiger partial charge in [-0.1, -0.05) is 11.6 Å². The Balaban J connectivity index is 2.25. The molecule has 1 aliphatic rings. The molecule has 0 aliphatic carbocycles. The van der Waals surface area contributed by atoms with Crippen molar-refractivity contribution in [3.63, 3.8) is 0 Å². The third kappa shape index (κ3) is 2.50. The number of halogens is 1. The highest BCUT2D eigenvalue weighted by Gasteiger charge is 2.41. The van der Waals surface area contributed by atoms with Gasteiger partial charge < -0.3 is 10.2 Å². The molecule has 18 heavy (non-hydrogen) atoms. The summed E-state index contributed by atoms with van der Waals surface area (Å²) in [6, 6.07) is 2.75. The van der Waals surface area contributed by atoms with Crippen molar-refractivity contribution in [2.24, 2.45) is 0 Å². The smallest absolute Gasteiger partial charge is 0.244 e. The number of aliphatic hydroxyl groups excluding tert-OH is 1. The molecule has 1 saturated heterocycles. The topological polar surface area (TPSA) is 90.7 Å². The van der Waals surface area contributed by atoms with Gasteiger partial charge >= 0.3 is 0 Å². The minimum absolute atomic E-state index is 0.0223. The van der Waals surface area contributed by atoms with E-state index in [9.17, 15) is 13.5 Å². The number of rotatable bonds is 3. The quantitative estimate of drug-likeness (QED) is 0.756. The van der Waals surface area contributed by atoms with Gasteiger partial charge in [0.25, 0.3) is 0 Å². The summed E-state index contributed by atoms with van der Waals surface area (Å²) in [6.07, 6.45) is 1.39. The highest BCUT2D eigenvalue weighted by atomic mass is 35.5. The zero-order chi connectivity index (χ0) is 13.4. The molecule has 0 spiro atoms. The molecular weight excluding hydrogens is 280 g/mol. The molecule has 0 aromatic carbocycles. The van der Waals surface area contributed by atoms with Crippen LogP contribution in [0.5, 0.6) is 0 Å². The molecule has 0 radical (unpaired) electrons. The minimum atomic E-state index is -3.70. The maximum absolute atomic E-state index is 12.2. The lowest BCUT2D eigenvalue weighted by atomic mass is 10.1. The molecule has 2 N–H and O–H groups in total. The summed E-state index contributed by atoms with van der Waals surface area (Å²) in [5.74, 6) is 0. The predicted molar refractivity (Wildman–Crippen MR) is 64.7 cm³/mol. The first-order chi connectivity index (χ1) is 8.37. The van der Waals surface area contributed by atoms with Gasteiger partial charge in [0.1, 0.15) is 15.6 Å². The van der Waals surface area contributed by atoms with E-state index >= 15 is 0 Å². The van der Waals surface area contributed by atoms with Crippen molar-refractivity contribution in [3.05, 3.63) is 23.5 Å². The summed E-state index contributed by atoms with van der Waals surface area (Å²) < 4.78 is 25.5. The summed E-state index contributed by atoms with van der Waals surface area (Å²) >= 11 is 5.60. The minimum Gasteiger partial charge on any atom is -0.393 e. The predicted octanol–water partition coefficient (Wildman–Crippen LogP) is -0.147. The Morgan fingerprint density at radius 1 is 1.50 bits per heavy atom. The lowest BCUT2D eigenvalue weighted by molar-refractivity contribution is -0.000734. The van der Waals surface area contributed by atoms with Gasteiger partial charge in [-0.25, -0.2) is 13.4 Å². The van der Waals surface area contributed by atoms with Gasteiger partial charge in [-0.2, -0.15) is 4.31 Å². The molecule has 1 aromatic rings. The first-order valence-electron chi connectivity index (χ1n) is 5.32. The second-order valence-electron chi connectivity index (χ2n) is 4.29. The van der Waals surface area contributed by atoms with Crippen molar-refractivity contribution < 1.29 is 18.6 Å². The maximum atomic E-state index is 12.2. The van der Waals surface area contributed by atoms with Crippen molar-refractivity contribution >= 4 is 21.6 Å². The molecule has 1 aliphatic heterocycles. The lowest BCUT2D eigenvalue weighted by Gasteiger charge is -2.20. The number of aromatic nitrogens is 1. The van der Waals surface area contributed by atoms with E-state index in [0.29, 0.717) is 0 Å². The van der Waals surface area contributed by atoms with Crippen LogP contribution < -0.4 is 0 Å². The molecule has 0 unspecified atom stereocenters. The summed E-state index contributed by atoms with van der Waals surface area (Å²) in [4.78, 5) is 3.74. The molecule has 2 rings (SSSR count). The molecule has 8 heteroatoms. The molecule has 0 saturated carbocycles. The second kappa shape index (κ2) is 4.75. The zero-order valence-corrected chi connectivity index (χ0v) is 11.0. The average molecular weight is 293 g/mol. The van der Waals surface area contributed by atoms with Crippen molar-refractivity contribution in [1.29, 1.82) is 0 Å². The standard InChI is InChI=1S/C10H13ClN2O4S/c11-9-2-1-8(5-12-9)18(16,17)13-4-3-10(15,6-13)7-14/h1-2,5,14-15H,3-4,6-7H2/t10-/m1/s1. The number of hydrogen-bond donors (Lipinski definition) is 2. The van der Waals surface area contributed by atoms with E-state index in [-0.39, 0.29) is 29.6 Å². The number of pyridine rings is 1. The van der Waals surface area contributed by atoms with E-state index in [1.165, 1.54) is 18.3 Å². The number of sulfonamides is 1. The van der Waals surface area contributed by atoms with Gasteiger partial charge in [-0.05, 0) is 18.6 Å². The maximum Gasteiger partial charge on any atom is 0.244 e. The second-order valence-corrected chi connectivity index (χ2v) is 6.61. The number of β-amino-alcohol motifs (C(OH)–C–C–N with tert-alkyl or cyclic N) is 1. The molecule has 0 amide bonds. The van der Waals surface area contributed by atoms with Crippen LogP contribution in [0, 0.1) is 0 Å². The van der Waals surface area contributed by atoms with Crippen LogP contribution in [0.15, 0.2) is 23.2 Å². The van der Waals surface area contributed by atoms with Crippen molar-refractivity contribution in [2.75, 3.05) is 19.7 Å². The third-order valence-electron chi connectivity index (χ3n) is 2.93. The van der Waals surface area contributed by atoms with Crippen LogP contribution in [0.2, 0.25) is 5.15 Å². The van der Waals surface area contributed by atoms with E-state index in [4.69, 9.17) is 16.7 Å². The highest BCUT2D eigenvalue weighted by Crippen LogP contribution is 2.26. The Kier molecular flexibility index (Phi) is 3.61. The fraction of sp³-hybridized carbons (Fsp3) is 0.500. The van der Waals surface area contributed by atoms with Crippen LogP contribution in [-0.4, -0.2) is 53.2 Å². The van der Waals surface area contributed by atoms with E-state index in [2.05, 4.69) is 4.98 Å². The van der Waals surface area contributed by atoms with Crippen molar-refractivity contribution in [3.8, 4) is 0 Å². The monoisotopic (exact) mass is 292 g/mol. The number of aliphatic hydroxyl groups is 2. The normalized spacial score (nSPS) is 25.5. The van der Waals surface area contributed by atoms with Gasteiger partial charge in [-0.15, -0.1) is 0 Å². The van der Waals surface area contributed by atoms with Gasteiger partial charge in [0, 0.05) is 19.3 Å². The van der Waals surface area contributed by atoms with Crippen LogP contribution in [0.4, 0.5) is 0 Å². The van der Waals surface area contributed by atoms with Gasteiger partial charge in [-0.3, -0.25) is 0 Å². The number of nitrogens with zero attached hydrogens (tertiary/aromatic N) is 2. The molecule has 0 bridgehead atoms. The van der Waals surface area contributed by atoms with Crippen LogP contribution in [0.1, 0.15) is 6.42 Å². The van der Waals surface area contributed by atoms with Crippen LogP contribution in [0.3, 0.4) is 0 Å². The van der Waals surface area contributed by atoms with Crippen LogP contribution >= 0.6 is 11.6 Å². The zero-order valence-electron chi connectivity index (χ0n) is 9.45. The summed E-state index contributed by atoms with van der Waals surface area (Å²) in [6.45, 7) is -0.408. The summed E-state index contributed by atoms with van der Waals surface area (Å²) in [7, 11) is -3.70. The van der Waals surface area contributed by atoms with E-state index in [1.54, 1.807) is 0 Å². The van der Waals surface area contributed by atoms with E-state index in [0.717, 1.165) is 4.31 Å². The van der Waals surface area contributed by atoms with Crippen molar-refractivity contribution in [2.45, 2.75) is 16.9 Å². The Hall–Kier alpha value is -0.730. The Bertz CT molecular complexity index is 533.